The Bertz CT molecular complexity index is 772. The van der Waals surface area contributed by atoms with Gasteiger partial charge in [-0.25, -0.2) is 0 Å². The van der Waals surface area contributed by atoms with Gasteiger partial charge in [-0.2, -0.15) is 0 Å². The van der Waals surface area contributed by atoms with Crippen LogP contribution in [-0.2, 0) is 22.0 Å². The summed E-state index contributed by atoms with van der Waals surface area (Å²) in [6, 6.07) is 3.37. The largest absolute Gasteiger partial charge is 0.370 e. The summed E-state index contributed by atoms with van der Waals surface area (Å²) in [6.45, 7) is 0. The summed E-state index contributed by atoms with van der Waals surface area (Å²) in [5, 5.41) is 7.41. The Balaban J connectivity index is 2.00. The standard InChI is InChI=1S/C16H23ClO7P2/c17-15-9-13-11(8-12(15)7-10-3-1-2-4-10)5-6-14(13)16(18,25(19,20)21)26(22,23)24/h8-10,14,18H,1-7H2,(H2,19,20,21)(H2,22,23,24). The van der Waals surface area contributed by atoms with E-state index in [0.29, 0.717) is 22.9 Å². The van der Waals surface area contributed by atoms with E-state index in [1.165, 1.54) is 18.9 Å². The van der Waals surface area contributed by atoms with Gasteiger partial charge in [-0.1, -0.05) is 43.4 Å². The van der Waals surface area contributed by atoms with Crippen LogP contribution < -0.4 is 0 Å². The summed E-state index contributed by atoms with van der Waals surface area (Å²) >= 11 is 6.36. The van der Waals surface area contributed by atoms with E-state index in [1.54, 1.807) is 0 Å². The van der Waals surface area contributed by atoms with Gasteiger partial charge in [0.05, 0.1) is 0 Å². The second-order valence-electron chi connectivity index (χ2n) is 7.36. The molecule has 0 aliphatic heterocycles. The molecule has 5 N–H and O–H groups in total. The highest BCUT2D eigenvalue weighted by Gasteiger charge is 2.65. The maximum Gasteiger partial charge on any atom is 0.370 e. The van der Waals surface area contributed by atoms with Gasteiger partial charge in [0.1, 0.15) is 0 Å². The first kappa shape index (κ1) is 20.5. The van der Waals surface area contributed by atoms with Crippen molar-refractivity contribution in [2.45, 2.75) is 55.9 Å². The molecule has 1 fully saturated rings. The predicted octanol–water partition coefficient (Wildman–Crippen LogP) is 3.10. The molecule has 0 spiro atoms. The Hall–Kier alpha value is -0.230. The van der Waals surface area contributed by atoms with Crippen LogP contribution in [-0.4, -0.2) is 29.8 Å². The minimum Gasteiger partial charge on any atom is -0.367 e. The number of hydrogen-bond donors (Lipinski definition) is 5. The van der Waals surface area contributed by atoms with Gasteiger partial charge >= 0.3 is 15.2 Å². The third-order valence-corrected chi connectivity index (χ3v) is 9.95. The van der Waals surface area contributed by atoms with E-state index in [-0.39, 0.29) is 6.42 Å². The van der Waals surface area contributed by atoms with Crippen LogP contribution in [0.1, 0.15) is 54.7 Å². The zero-order valence-corrected chi connectivity index (χ0v) is 16.6. The van der Waals surface area contributed by atoms with Crippen molar-refractivity contribution in [2.24, 2.45) is 5.92 Å². The van der Waals surface area contributed by atoms with Crippen LogP contribution in [0, 0.1) is 5.92 Å². The minimum absolute atomic E-state index is 0.0330. The zero-order chi connectivity index (χ0) is 19.3. The van der Waals surface area contributed by atoms with Gasteiger partial charge in [0.25, 0.3) is 5.08 Å². The number of fused-ring (bicyclic) bond motifs is 1. The van der Waals surface area contributed by atoms with E-state index in [9.17, 15) is 33.8 Å². The molecule has 0 amide bonds. The fourth-order valence-corrected chi connectivity index (χ4v) is 7.30. The first-order chi connectivity index (χ1) is 11.9. The lowest BCUT2D eigenvalue weighted by atomic mass is 9.94. The van der Waals surface area contributed by atoms with Gasteiger partial charge in [0.2, 0.25) is 0 Å². The third-order valence-electron chi connectivity index (χ3n) is 5.69. The summed E-state index contributed by atoms with van der Waals surface area (Å²) in [6.07, 6.45) is 5.92. The number of halogens is 1. The highest BCUT2D eigenvalue weighted by molar-refractivity contribution is 7.72. The molecule has 1 saturated carbocycles. The van der Waals surface area contributed by atoms with Crippen molar-refractivity contribution in [1.82, 2.24) is 0 Å². The van der Waals surface area contributed by atoms with Gasteiger partial charge < -0.3 is 24.7 Å². The summed E-state index contributed by atoms with van der Waals surface area (Å²) in [7, 11) is -11.0. The average molecular weight is 425 g/mol. The van der Waals surface area contributed by atoms with Gasteiger partial charge in [-0.15, -0.1) is 0 Å². The van der Waals surface area contributed by atoms with E-state index < -0.39 is 26.2 Å². The number of hydrogen-bond acceptors (Lipinski definition) is 3. The van der Waals surface area contributed by atoms with Crippen molar-refractivity contribution >= 4 is 26.8 Å². The van der Waals surface area contributed by atoms with E-state index >= 15 is 0 Å². The fraction of sp³-hybridized carbons (Fsp3) is 0.625. The first-order valence-corrected chi connectivity index (χ1v) is 12.2. The molecule has 0 bridgehead atoms. The quantitative estimate of drug-likeness (QED) is 0.458. The third kappa shape index (κ3) is 3.45. The molecule has 0 saturated heterocycles. The molecule has 2 aliphatic rings. The average Bonchev–Trinajstić information content (AvgIpc) is 3.14. The van der Waals surface area contributed by atoms with E-state index in [4.69, 9.17) is 11.6 Å². The van der Waals surface area contributed by atoms with E-state index in [1.807, 2.05) is 6.07 Å². The second kappa shape index (κ2) is 6.98. The van der Waals surface area contributed by atoms with Gasteiger partial charge in [0, 0.05) is 10.9 Å². The van der Waals surface area contributed by atoms with Crippen LogP contribution in [0.2, 0.25) is 5.02 Å². The van der Waals surface area contributed by atoms with Crippen LogP contribution in [0.4, 0.5) is 0 Å². The molecule has 1 aromatic rings. The number of rotatable bonds is 5. The molecule has 3 rings (SSSR count). The molecular formula is C16H23ClO7P2. The second-order valence-corrected chi connectivity index (χ2v) is 11.7. The number of aliphatic hydroxyl groups is 1. The Morgan fingerprint density at radius 3 is 2.15 bits per heavy atom. The number of aryl methyl sites for hydroxylation is 1. The molecule has 0 aromatic heterocycles. The van der Waals surface area contributed by atoms with Gasteiger partial charge in [0.15, 0.2) is 0 Å². The summed E-state index contributed by atoms with van der Waals surface area (Å²) in [5.41, 5.74) is 1.97. The maximum atomic E-state index is 11.8. The molecule has 1 aromatic carbocycles. The van der Waals surface area contributed by atoms with Crippen molar-refractivity contribution in [1.29, 1.82) is 0 Å². The Morgan fingerprint density at radius 2 is 1.62 bits per heavy atom. The van der Waals surface area contributed by atoms with Crippen molar-refractivity contribution in [3.05, 3.63) is 33.8 Å². The molecule has 146 valence electrons. The van der Waals surface area contributed by atoms with Crippen LogP contribution in [0.3, 0.4) is 0 Å². The first-order valence-electron chi connectivity index (χ1n) is 8.60. The molecule has 10 heteroatoms. The molecule has 1 unspecified atom stereocenters. The lowest BCUT2D eigenvalue weighted by Crippen LogP contribution is -2.35. The van der Waals surface area contributed by atoms with E-state index in [2.05, 4.69) is 0 Å². The van der Waals surface area contributed by atoms with Crippen molar-refractivity contribution < 1.29 is 33.8 Å². The normalized spacial score (nSPS) is 22.0. The van der Waals surface area contributed by atoms with E-state index in [0.717, 1.165) is 30.4 Å². The predicted molar refractivity (Wildman–Crippen MR) is 97.2 cm³/mol. The summed E-state index contributed by atoms with van der Waals surface area (Å²) in [5.74, 6) is -0.818. The fourth-order valence-electron chi connectivity index (χ4n) is 4.34. The summed E-state index contributed by atoms with van der Waals surface area (Å²) < 4.78 is 23.6. The molecule has 26 heavy (non-hydrogen) atoms. The molecule has 1 atom stereocenters. The Labute approximate surface area is 156 Å². The molecule has 7 nitrogen and oxygen atoms in total. The lowest BCUT2D eigenvalue weighted by Gasteiger charge is -2.34. The Morgan fingerprint density at radius 1 is 1.04 bits per heavy atom. The Kier molecular flexibility index (Phi) is 5.51. The molecule has 0 radical (unpaired) electrons. The molecular weight excluding hydrogens is 402 g/mol. The molecule has 0 heterocycles. The maximum absolute atomic E-state index is 11.8. The highest BCUT2D eigenvalue weighted by atomic mass is 35.5. The zero-order valence-electron chi connectivity index (χ0n) is 14.1. The van der Waals surface area contributed by atoms with Crippen molar-refractivity contribution in [3.8, 4) is 0 Å². The minimum atomic E-state index is -5.52. The van der Waals surface area contributed by atoms with Gasteiger partial charge in [-0.05, 0) is 47.9 Å². The SMILES string of the molecule is O=P(O)(O)C(O)(C1CCc2cc(CC3CCCC3)c(Cl)cc21)P(=O)(O)O. The topological polar surface area (TPSA) is 135 Å². The lowest BCUT2D eigenvalue weighted by molar-refractivity contribution is 0.106. The van der Waals surface area contributed by atoms with Crippen LogP contribution in [0.15, 0.2) is 12.1 Å². The van der Waals surface area contributed by atoms with Crippen molar-refractivity contribution in [2.75, 3.05) is 0 Å². The summed E-state index contributed by atoms with van der Waals surface area (Å²) in [4.78, 5) is 38.0. The van der Waals surface area contributed by atoms with Crippen molar-refractivity contribution in [3.63, 3.8) is 0 Å². The molecule has 2 aliphatic carbocycles. The highest BCUT2D eigenvalue weighted by Crippen LogP contribution is 2.74. The smallest absolute Gasteiger partial charge is 0.367 e. The van der Waals surface area contributed by atoms with Gasteiger partial charge in [-0.3, -0.25) is 9.13 Å². The van der Waals surface area contributed by atoms with Crippen LogP contribution >= 0.6 is 26.8 Å². The van der Waals surface area contributed by atoms with Crippen LogP contribution in [0.25, 0.3) is 0 Å². The monoisotopic (exact) mass is 424 g/mol. The van der Waals surface area contributed by atoms with Crippen LogP contribution in [0.5, 0.6) is 0 Å². The number of benzene rings is 1.